The molecule has 0 amide bonds. The van der Waals surface area contributed by atoms with Crippen LogP contribution in [0.2, 0.25) is 10.0 Å². The Morgan fingerprint density at radius 2 is 1.74 bits per heavy atom. The molecular formula is C17H17Cl2N3O4S. The van der Waals surface area contributed by atoms with Gasteiger partial charge in [-0.25, -0.2) is 8.42 Å². The number of hydrogen-bond acceptors (Lipinski definition) is 5. The monoisotopic (exact) mass is 429 g/mol. The highest BCUT2D eigenvalue weighted by molar-refractivity contribution is 7.89. The fourth-order valence-corrected chi connectivity index (χ4v) is 5.13. The van der Waals surface area contributed by atoms with Gasteiger partial charge in [0.25, 0.3) is 5.69 Å². The summed E-state index contributed by atoms with van der Waals surface area (Å²) in [5.41, 5.74) is 0.864. The number of hydrogen-bond donors (Lipinski definition) is 0. The van der Waals surface area contributed by atoms with E-state index >= 15 is 0 Å². The van der Waals surface area contributed by atoms with Crippen LogP contribution in [0.3, 0.4) is 0 Å². The summed E-state index contributed by atoms with van der Waals surface area (Å²) in [6.45, 7) is 2.16. The molecular weight excluding hydrogens is 413 g/mol. The summed E-state index contributed by atoms with van der Waals surface area (Å²) >= 11 is 12.0. The predicted octanol–water partition coefficient (Wildman–Crippen LogP) is 3.41. The maximum absolute atomic E-state index is 12.8. The van der Waals surface area contributed by atoms with Crippen LogP contribution in [0.5, 0.6) is 0 Å². The van der Waals surface area contributed by atoms with E-state index in [1.807, 2.05) is 6.07 Å². The third-order valence-electron chi connectivity index (χ3n) is 4.37. The lowest BCUT2D eigenvalue weighted by Gasteiger charge is -2.34. The first kappa shape index (κ1) is 20.0. The van der Waals surface area contributed by atoms with Crippen LogP contribution < -0.4 is 0 Å². The van der Waals surface area contributed by atoms with Gasteiger partial charge in [0.05, 0.1) is 9.95 Å². The first-order chi connectivity index (χ1) is 12.8. The smallest absolute Gasteiger partial charge is 0.269 e. The molecule has 2 aromatic carbocycles. The zero-order valence-electron chi connectivity index (χ0n) is 14.2. The molecule has 27 heavy (non-hydrogen) atoms. The Labute approximate surface area is 167 Å². The number of nitro groups is 1. The molecule has 0 N–H and O–H groups in total. The van der Waals surface area contributed by atoms with Gasteiger partial charge in [0.2, 0.25) is 10.0 Å². The van der Waals surface area contributed by atoms with Crippen LogP contribution in [0.4, 0.5) is 5.69 Å². The van der Waals surface area contributed by atoms with E-state index in [1.54, 1.807) is 12.1 Å². The van der Waals surface area contributed by atoms with Crippen LogP contribution in [0.1, 0.15) is 5.56 Å². The number of sulfonamides is 1. The Bertz CT molecular complexity index is 960. The summed E-state index contributed by atoms with van der Waals surface area (Å²) in [4.78, 5) is 12.5. The highest BCUT2D eigenvalue weighted by Gasteiger charge is 2.30. The zero-order chi connectivity index (χ0) is 19.6. The first-order valence-corrected chi connectivity index (χ1v) is 10.4. The maximum Gasteiger partial charge on any atom is 0.269 e. The third kappa shape index (κ3) is 4.59. The molecule has 0 unspecified atom stereocenters. The minimum atomic E-state index is -3.73. The Morgan fingerprint density at radius 3 is 2.41 bits per heavy atom. The van der Waals surface area contributed by atoms with Crippen molar-refractivity contribution in [2.24, 2.45) is 0 Å². The number of piperazine rings is 1. The number of non-ortho nitro benzene ring substituents is 1. The number of halogens is 2. The second-order valence-corrected chi connectivity index (χ2v) is 8.93. The number of benzene rings is 2. The quantitative estimate of drug-likeness (QED) is 0.536. The molecule has 0 atom stereocenters. The van der Waals surface area contributed by atoms with E-state index in [-0.39, 0.29) is 15.6 Å². The van der Waals surface area contributed by atoms with Crippen LogP contribution in [0, 0.1) is 10.1 Å². The van der Waals surface area contributed by atoms with E-state index in [4.69, 9.17) is 23.2 Å². The minimum absolute atomic E-state index is 0.00352. The van der Waals surface area contributed by atoms with Crippen molar-refractivity contribution in [1.82, 2.24) is 9.21 Å². The molecule has 0 bridgehead atoms. The van der Waals surface area contributed by atoms with Crippen molar-refractivity contribution in [3.63, 3.8) is 0 Å². The van der Waals surface area contributed by atoms with E-state index in [9.17, 15) is 18.5 Å². The summed E-state index contributed by atoms with van der Waals surface area (Å²) in [7, 11) is -3.73. The first-order valence-electron chi connectivity index (χ1n) is 8.18. The van der Waals surface area contributed by atoms with Crippen LogP contribution in [-0.4, -0.2) is 48.7 Å². The molecule has 0 saturated carbocycles. The third-order valence-corrected chi connectivity index (χ3v) is 6.99. The van der Waals surface area contributed by atoms with Gasteiger partial charge in [0.15, 0.2) is 0 Å². The minimum Gasteiger partial charge on any atom is -0.296 e. The van der Waals surface area contributed by atoms with Crippen molar-refractivity contribution in [1.29, 1.82) is 0 Å². The average molecular weight is 430 g/mol. The molecule has 1 heterocycles. The van der Waals surface area contributed by atoms with E-state index < -0.39 is 14.9 Å². The SMILES string of the molecule is O=[N+]([O-])c1cccc(CN2CCN(S(=O)(=O)c3cc(Cl)ccc3Cl)CC2)c1. The van der Waals surface area contributed by atoms with Gasteiger partial charge in [-0.05, 0) is 23.8 Å². The van der Waals surface area contributed by atoms with Gasteiger partial charge in [-0.2, -0.15) is 4.31 Å². The summed E-state index contributed by atoms with van der Waals surface area (Å²) in [5, 5.41) is 11.3. The van der Waals surface area contributed by atoms with Crippen LogP contribution in [0.15, 0.2) is 47.4 Å². The Kier molecular flexibility index (Phi) is 6.02. The second kappa shape index (κ2) is 8.12. The Hall–Kier alpha value is -1.71. The summed E-state index contributed by atoms with van der Waals surface area (Å²) in [5.74, 6) is 0. The van der Waals surface area contributed by atoms with E-state index in [0.717, 1.165) is 5.56 Å². The molecule has 1 aliphatic heterocycles. The zero-order valence-corrected chi connectivity index (χ0v) is 16.5. The Morgan fingerprint density at radius 1 is 1.04 bits per heavy atom. The lowest BCUT2D eigenvalue weighted by Crippen LogP contribution is -2.48. The normalized spacial score (nSPS) is 16.4. The molecule has 10 heteroatoms. The van der Waals surface area contributed by atoms with Gasteiger partial charge in [-0.1, -0.05) is 35.3 Å². The molecule has 1 saturated heterocycles. The molecule has 0 aliphatic carbocycles. The van der Waals surface area contributed by atoms with E-state index in [0.29, 0.717) is 37.7 Å². The number of rotatable bonds is 5. The Balaban J connectivity index is 1.67. The maximum atomic E-state index is 12.8. The number of nitrogens with zero attached hydrogens (tertiary/aromatic N) is 3. The number of nitro benzene ring substituents is 1. The van der Waals surface area contributed by atoms with Crippen LogP contribution in [-0.2, 0) is 16.6 Å². The van der Waals surface area contributed by atoms with Crippen molar-refractivity contribution in [2.75, 3.05) is 26.2 Å². The van der Waals surface area contributed by atoms with Crippen molar-refractivity contribution >= 4 is 38.9 Å². The molecule has 3 rings (SSSR count). The van der Waals surface area contributed by atoms with Crippen molar-refractivity contribution < 1.29 is 13.3 Å². The molecule has 1 fully saturated rings. The van der Waals surface area contributed by atoms with Gasteiger partial charge >= 0.3 is 0 Å². The standard InChI is InChI=1S/C17H17Cl2N3O4S/c18-14-4-5-16(19)17(11-14)27(25,26)21-8-6-20(7-9-21)12-13-2-1-3-15(10-13)22(23)24/h1-5,10-11H,6-9,12H2. The van der Waals surface area contributed by atoms with Crippen LogP contribution >= 0.6 is 23.2 Å². The fraction of sp³-hybridized carbons (Fsp3) is 0.294. The molecule has 0 radical (unpaired) electrons. The van der Waals surface area contributed by atoms with Crippen LogP contribution in [0.25, 0.3) is 0 Å². The predicted molar refractivity (Wildman–Crippen MR) is 104 cm³/mol. The highest BCUT2D eigenvalue weighted by atomic mass is 35.5. The molecule has 2 aromatic rings. The lowest BCUT2D eigenvalue weighted by molar-refractivity contribution is -0.384. The molecule has 7 nitrogen and oxygen atoms in total. The summed E-state index contributed by atoms with van der Waals surface area (Å²) in [6.07, 6.45) is 0. The van der Waals surface area contributed by atoms with Crippen molar-refractivity contribution in [3.8, 4) is 0 Å². The summed E-state index contributed by atoms with van der Waals surface area (Å²) in [6, 6.07) is 10.8. The fourth-order valence-electron chi connectivity index (χ4n) is 2.97. The highest BCUT2D eigenvalue weighted by Crippen LogP contribution is 2.28. The molecule has 1 aliphatic rings. The largest absolute Gasteiger partial charge is 0.296 e. The van der Waals surface area contributed by atoms with E-state index in [1.165, 1.54) is 28.6 Å². The van der Waals surface area contributed by atoms with E-state index in [2.05, 4.69) is 4.90 Å². The lowest BCUT2D eigenvalue weighted by atomic mass is 10.2. The molecule has 0 aromatic heterocycles. The van der Waals surface area contributed by atoms with Crippen molar-refractivity contribution in [3.05, 3.63) is 68.2 Å². The second-order valence-electron chi connectivity index (χ2n) is 6.18. The average Bonchev–Trinajstić information content (AvgIpc) is 2.64. The summed E-state index contributed by atoms with van der Waals surface area (Å²) < 4.78 is 27.1. The van der Waals surface area contributed by atoms with Crippen molar-refractivity contribution in [2.45, 2.75) is 11.4 Å². The van der Waals surface area contributed by atoms with Gasteiger partial charge in [-0.15, -0.1) is 0 Å². The topological polar surface area (TPSA) is 83.8 Å². The van der Waals surface area contributed by atoms with Gasteiger partial charge < -0.3 is 0 Å². The van der Waals surface area contributed by atoms with Gasteiger partial charge in [0.1, 0.15) is 4.90 Å². The molecule has 0 spiro atoms. The van der Waals surface area contributed by atoms with Gasteiger partial charge in [0, 0.05) is 49.9 Å². The van der Waals surface area contributed by atoms with Gasteiger partial charge in [-0.3, -0.25) is 15.0 Å². The molecule has 144 valence electrons.